The van der Waals surface area contributed by atoms with E-state index >= 15 is 0 Å². The SMILES string of the molecule is CC(O)CC(=O)O.CCC(O)CC(=O)O.O=C(O)CCCO. The van der Waals surface area contributed by atoms with E-state index in [1.165, 1.54) is 6.92 Å². The molecule has 0 saturated carbocycles. The van der Waals surface area contributed by atoms with Gasteiger partial charge in [0.25, 0.3) is 0 Å². The molecule has 0 bridgehead atoms. The molecule has 9 nitrogen and oxygen atoms in total. The summed E-state index contributed by atoms with van der Waals surface area (Å²) >= 11 is 0. The molecule has 0 heterocycles. The van der Waals surface area contributed by atoms with Crippen LogP contribution in [0.1, 0.15) is 46.0 Å². The number of aliphatic hydroxyl groups excluding tert-OH is 3. The van der Waals surface area contributed by atoms with Crippen molar-refractivity contribution in [2.75, 3.05) is 6.61 Å². The maximum absolute atomic E-state index is 9.81. The molecule has 0 amide bonds. The Morgan fingerprint density at radius 1 is 0.909 bits per heavy atom. The molecule has 0 saturated heterocycles. The van der Waals surface area contributed by atoms with Crippen molar-refractivity contribution in [1.29, 1.82) is 0 Å². The highest BCUT2D eigenvalue weighted by Crippen LogP contribution is 1.94. The number of aliphatic hydroxyl groups is 3. The molecule has 9 heteroatoms. The lowest BCUT2D eigenvalue weighted by Crippen LogP contribution is -2.10. The molecule has 0 radical (unpaired) electrons. The van der Waals surface area contributed by atoms with E-state index < -0.39 is 30.1 Å². The molecule has 0 aromatic heterocycles. The third kappa shape index (κ3) is 36.2. The van der Waals surface area contributed by atoms with Crippen LogP contribution in [0.2, 0.25) is 0 Å². The summed E-state index contributed by atoms with van der Waals surface area (Å²) in [5.74, 6) is -2.76. The molecular formula is C13H26O9. The summed E-state index contributed by atoms with van der Waals surface area (Å²) in [6, 6.07) is 0. The molecule has 0 rings (SSSR count). The van der Waals surface area contributed by atoms with Gasteiger partial charge in [0, 0.05) is 13.0 Å². The quantitative estimate of drug-likeness (QED) is 0.356. The fourth-order valence-corrected chi connectivity index (χ4v) is 0.829. The lowest BCUT2D eigenvalue weighted by Gasteiger charge is -2.00. The van der Waals surface area contributed by atoms with Crippen molar-refractivity contribution in [3.63, 3.8) is 0 Å². The van der Waals surface area contributed by atoms with Crippen LogP contribution >= 0.6 is 0 Å². The first-order valence-corrected chi connectivity index (χ1v) is 6.69. The van der Waals surface area contributed by atoms with Gasteiger partial charge in [0.2, 0.25) is 0 Å². The van der Waals surface area contributed by atoms with Gasteiger partial charge in [0.15, 0.2) is 0 Å². The van der Waals surface area contributed by atoms with Gasteiger partial charge in [0.05, 0.1) is 25.0 Å². The zero-order chi connectivity index (χ0) is 18.1. The van der Waals surface area contributed by atoms with Gasteiger partial charge in [-0.15, -0.1) is 0 Å². The molecule has 0 aliphatic rings. The molecule has 0 fully saturated rings. The lowest BCUT2D eigenvalue weighted by molar-refractivity contribution is -0.140. The Bertz CT molecular complexity index is 302. The van der Waals surface area contributed by atoms with E-state index in [-0.39, 0.29) is 25.9 Å². The van der Waals surface area contributed by atoms with Gasteiger partial charge in [-0.3, -0.25) is 14.4 Å². The Morgan fingerprint density at radius 3 is 1.45 bits per heavy atom. The van der Waals surface area contributed by atoms with Crippen molar-refractivity contribution in [3.05, 3.63) is 0 Å². The summed E-state index contributed by atoms with van der Waals surface area (Å²) in [6.45, 7) is 3.15. The summed E-state index contributed by atoms with van der Waals surface area (Å²) < 4.78 is 0. The average molecular weight is 326 g/mol. The largest absolute Gasteiger partial charge is 0.481 e. The van der Waals surface area contributed by atoms with E-state index in [4.69, 9.17) is 30.6 Å². The number of hydrogen-bond acceptors (Lipinski definition) is 6. The molecule has 0 aromatic rings. The number of rotatable bonds is 8. The van der Waals surface area contributed by atoms with Crippen LogP contribution in [0.3, 0.4) is 0 Å². The standard InChI is InChI=1S/C5H10O3.2C4H8O3/c1-2-4(6)3-5(7)8;1-3(5)2-4(6)7;5-3-1-2-4(6)7/h4,6H,2-3H2,1H3,(H,7,8);3,5H,2H2,1H3,(H,6,7);5H,1-3H2,(H,6,7). The van der Waals surface area contributed by atoms with Crippen LogP contribution in [0.4, 0.5) is 0 Å². The maximum atomic E-state index is 9.81. The molecule has 22 heavy (non-hydrogen) atoms. The molecular weight excluding hydrogens is 300 g/mol. The van der Waals surface area contributed by atoms with E-state index in [0.29, 0.717) is 12.8 Å². The zero-order valence-electron chi connectivity index (χ0n) is 12.8. The highest BCUT2D eigenvalue weighted by Gasteiger charge is 2.04. The van der Waals surface area contributed by atoms with Crippen molar-refractivity contribution in [2.45, 2.75) is 58.2 Å². The van der Waals surface area contributed by atoms with E-state index in [9.17, 15) is 14.4 Å². The summed E-state index contributed by atoms with van der Waals surface area (Å²) in [4.78, 5) is 29.1. The Kier molecular flexibility index (Phi) is 19.9. The van der Waals surface area contributed by atoms with Crippen LogP contribution in [0.25, 0.3) is 0 Å². The first-order valence-electron chi connectivity index (χ1n) is 6.69. The number of carbonyl (C=O) groups is 3. The van der Waals surface area contributed by atoms with Crippen LogP contribution < -0.4 is 0 Å². The number of aliphatic carboxylic acids is 3. The topological polar surface area (TPSA) is 173 Å². The Morgan fingerprint density at radius 2 is 1.36 bits per heavy atom. The van der Waals surface area contributed by atoms with Gasteiger partial charge in [0.1, 0.15) is 0 Å². The van der Waals surface area contributed by atoms with Gasteiger partial charge in [-0.25, -0.2) is 0 Å². The predicted molar refractivity (Wildman–Crippen MR) is 76.4 cm³/mol. The third-order valence-electron chi connectivity index (χ3n) is 1.90. The molecule has 6 N–H and O–H groups in total. The fraction of sp³-hybridized carbons (Fsp3) is 0.769. The summed E-state index contributed by atoms with van der Waals surface area (Å²) in [7, 11) is 0. The second kappa shape index (κ2) is 17.3. The second-order valence-corrected chi connectivity index (χ2v) is 4.33. The van der Waals surface area contributed by atoms with Crippen LogP contribution in [0.15, 0.2) is 0 Å². The number of carboxylic acids is 3. The van der Waals surface area contributed by atoms with Crippen LogP contribution in [-0.2, 0) is 14.4 Å². The van der Waals surface area contributed by atoms with Gasteiger partial charge in [-0.05, 0) is 19.8 Å². The van der Waals surface area contributed by atoms with Crippen LogP contribution in [-0.4, -0.2) is 67.4 Å². The summed E-state index contributed by atoms with van der Waals surface area (Å²) in [5.41, 5.74) is 0. The molecule has 132 valence electrons. The van der Waals surface area contributed by atoms with Crippen molar-refractivity contribution in [2.24, 2.45) is 0 Å². The average Bonchev–Trinajstić information content (AvgIpc) is 2.35. The lowest BCUT2D eigenvalue weighted by atomic mass is 10.2. The molecule has 2 unspecified atom stereocenters. The fourth-order valence-electron chi connectivity index (χ4n) is 0.829. The molecule has 0 aliphatic heterocycles. The summed E-state index contributed by atoms with van der Waals surface area (Å²) in [5, 5.41) is 49.0. The van der Waals surface area contributed by atoms with Gasteiger partial charge in [-0.1, -0.05) is 6.92 Å². The first-order chi connectivity index (χ1) is 10.1. The first kappa shape index (κ1) is 25.3. The van der Waals surface area contributed by atoms with Crippen molar-refractivity contribution >= 4 is 17.9 Å². The van der Waals surface area contributed by atoms with E-state index in [0.717, 1.165) is 0 Å². The summed E-state index contributed by atoms with van der Waals surface area (Å²) in [6.07, 6.45) is -0.778. The Labute approximate surface area is 128 Å². The van der Waals surface area contributed by atoms with Gasteiger partial charge in [-0.2, -0.15) is 0 Å². The van der Waals surface area contributed by atoms with Crippen molar-refractivity contribution in [3.8, 4) is 0 Å². The van der Waals surface area contributed by atoms with Crippen molar-refractivity contribution in [1.82, 2.24) is 0 Å². The minimum atomic E-state index is -0.963. The molecule has 0 aliphatic carbocycles. The van der Waals surface area contributed by atoms with Crippen LogP contribution in [0.5, 0.6) is 0 Å². The van der Waals surface area contributed by atoms with Gasteiger partial charge < -0.3 is 30.6 Å². The van der Waals surface area contributed by atoms with Crippen molar-refractivity contribution < 1.29 is 45.0 Å². The van der Waals surface area contributed by atoms with E-state index in [1.54, 1.807) is 6.92 Å². The van der Waals surface area contributed by atoms with E-state index in [1.807, 2.05) is 0 Å². The molecule has 0 aromatic carbocycles. The van der Waals surface area contributed by atoms with Crippen LogP contribution in [0, 0.1) is 0 Å². The number of hydrogen-bond donors (Lipinski definition) is 6. The maximum Gasteiger partial charge on any atom is 0.305 e. The Balaban J connectivity index is -0.000000247. The predicted octanol–water partition coefficient (Wildman–Crippen LogP) is -0.0826. The third-order valence-corrected chi connectivity index (χ3v) is 1.90. The monoisotopic (exact) mass is 326 g/mol. The minimum absolute atomic E-state index is 0.0354. The number of carboxylic acid groups (broad SMARTS) is 3. The Hall–Kier alpha value is -1.71. The minimum Gasteiger partial charge on any atom is -0.481 e. The highest BCUT2D eigenvalue weighted by atomic mass is 16.4. The zero-order valence-corrected chi connectivity index (χ0v) is 12.8. The molecule has 0 spiro atoms. The van der Waals surface area contributed by atoms with Gasteiger partial charge >= 0.3 is 17.9 Å². The second-order valence-electron chi connectivity index (χ2n) is 4.33. The highest BCUT2D eigenvalue weighted by molar-refractivity contribution is 5.67. The molecule has 2 atom stereocenters. The normalized spacial score (nSPS) is 11.9. The smallest absolute Gasteiger partial charge is 0.305 e. The van der Waals surface area contributed by atoms with E-state index in [2.05, 4.69) is 0 Å².